The number of hydrogen-bond donors (Lipinski definition) is 3. The summed E-state index contributed by atoms with van der Waals surface area (Å²) >= 11 is 0. The molecule has 0 bridgehead atoms. The third-order valence-electron chi connectivity index (χ3n) is 12.2. The van der Waals surface area contributed by atoms with E-state index in [2.05, 4.69) is 10.6 Å². The minimum atomic E-state index is -3.90. The summed E-state index contributed by atoms with van der Waals surface area (Å²) < 4.78 is 50.8. The highest BCUT2D eigenvalue weighted by atomic mass is 32.2. The third-order valence-corrected chi connectivity index (χ3v) is 14.5. The van der Waals surface area contributed by atoms with E-state index in [-0.39, 0.29) is 43.4 Å². The summed E-state index contributed by atoms with van der Waals surface area (Å²) in [6.07, 6.45) is 6.39. The molecule has 3 fully saturated rings. The number of fused-ring (bicyclic) bond motifs is 5. The smallest absolute Gasteiger partial charge is 0.408 e. The first kappa shape index (κ1) is 44.1. The number of nitrogens with two attached hydrogens (primary N) is 1. The number of rotatable bonds is 9. The number of sulfonamides is 1. The van der Waals surface area contributed by atoms with E-state index >= 15 is 0 Å². The fourth-order valence-corrected chi connectivity index (χ4v) is 9.83. The summed E-state index contributed by atoms with van der Waals surface area (Å²) in [4.78, 5) is 67.9. The molecule has 8 rings (SSSR count). The number of aromatic nitrogens is 2. The number of carbonyl (C=O) groups excluding carboxylic acids is 4. The van der Waals surface area contributed by atoms with Crippen molar-refractivity contribution in [3.05, 3.63) is 60.7 Å². The van der Waals surface area contributed by atoms with Crippen LogP contribution < -0.4 is 24.8 Å². The van der Waals surface area contributed by atoms with Gasteiger partial charge in [-0.2, -0.15) is 18.1 Å². The Kier molecular flexibility index (Phi) is 11.8. The van der Waals surface area contributed by atoms with Gasteiger partial charge < -0.3 is 34.2 Å². The molecule has 336 valence electrons. The van der Waals surface area contributed by atoms with E-state index < -0.39 is 73.8 Å². The number of para-hydroxylation sites is 1. The molecule has 2 aliphatic heterocycles. The van der Waals surface area contributed by atoms with Crippen molar-refractivity contribution in [2.75, 3.05) is 6.54 Å². The van der Waals surface area contributed by atoms with E-state index in [1.165, 1.54) is 4.90 Å². The van der Waals surface area contributed by atoms with Crippen LogP contribution in [0.15, 0.2) is 65.1 Å². The fraction of sp³-hybridized carbons (Fsp3) is 0.522. The minimum Gasteiger partial charge on any atom is -0.491 e. The second-order valence-corrected chi connectivity index (χ2v) is 21.1. The van der Waals surface area contributed by atoms with Crippen molar-refractivity contribution in [3.8, 4) is 23.0 Å². The number of primary sulfonamides is 1. The zero-order valence-corrected chi connectivity index (χ0v) is 37.5. The van der Waals surface area contributed by atoms with Crippen LogP contribution in [0.25, 0.3) is 33.5 Å². The fourth-order valence-electron chi connectivity index (χ4n) is 8.38. The summed E-state index contributed by atoms with van der Waals surface area (Å²) in [5.74, 6) is -1.17. The summed E-state index contributed by atoms with van der Waals surface area (Å²) in [7, 11) is -3.90. The molecule has 16 nitrogen and oxygen atoms in total. The van der Waals surface area contributed by atoms with E-state index in [1.807, 2.05) is 74.5 Å². The lowest BCUT2D eigenvalue weighted by Gasteiger charge is -2.30. The summed E-state index contributed by atoms with van der Waals surface area (Å²) in [5.41, 5.74) is -0.304. The standard InChI is InChI=1S/C46H56N6O10S/c1-27(2)59-30-20-18-28(19-21-30)38-48-36-32-15-12-13-17-35(32)61-37(36)40(49-38)60-31-24-34-39(53)50-46(42(55)51-63(57,58)45(6)22-23-45)25-29(46)14-10-8-7-9-11-16-33(41(54)52(34)26-31)47-43(56)62-44(3,4)5/h10,12-15,17-21,27,29,31,33-34H,7-9,11,16,22-26H2,1-6H3,(H,47,56)(H,50,53)(H,51,55)/p+1/b14-10-/t29-,31-,33+,34+,46-/m1/s1. The number of hydrogen-bond acceptors (Lipinski definition) is 12. The molecular formula is C46H57N6O10S+. The molecule has 0 unspecified atom stereocenters. The van der Waals surface area contributed by atoms with Crippen LogP contribution in [0.4, 0.5) is 4.79 Å². The quantitative estimate of drug-likeness (QED) is 0.179. The van der Waals surface area contributed by atoms with Crippen LogP contribution in [0.1, 0.15) is 99.3 Å². The van der Waals surface area contributed by atoms with Crippen LogP contribution in [0.5, 0.6) is 11.6 Å². The number of furan rings is 1. The van der Waals surface area contributed by atoms with Crippen molar-refractivity contribution in [2.24, 2.45) is 5.92 Å². The number of quaternary nitrogens is 1. The molecule has 63 heavy (non-hydrogen) atoms. The summed E-state index contributed by atoms with van der Waals surface area (Å²) in [6.45, 7) is 10.6. The van der Waals surface area contributed by atoms with Crippen LogP contribution in [0.2, 0.25) is 0 Å². The Balaban J connectivity index is 1.14. The predicted octanol–water partition coefficient (Wildman–Crippen LogP) is 5.44. The number of nitrogens with zero attached hydrogens (tertiary/aromatic N) is 3. The number of allylic oxidation sites excluding steroid dienone is 1. The zero-order valence-electron chi connectivity index (χ0n) is 36.6. The van der Waals surface area contributed by atoms with Gasteiger partial charge in [0.15, 0.2) is 11.4 Å². The van der Waals surface area contributed by atoms with Gasteiger partial charge in [0.25, 0.3) is 5.88 Å². The second kappa shape index (κ2) is 16.9. The van der Waals surface area contributed by atoms with Gasteiger partial charge in [0.2, 0.25) is 17.4 Å². The first-order valence-electron chi connectivity index (χ1n) is 21.9. The van der Waals surface area contributed by atoms with Crippen LogP contribution in [-0.4, -0.2) is 93.8 Å². The molecule has 4 aromatic rings. The molecular weight excluding hydrogens is 829 g/mol. The van der Waals surface area contributed by atoms with Crippen molar-refractivity contribution in [1.29, 1.82) is 0 Å². The monoisotopic (exact) mass is 885 g/mol. The zero-order chi connectivity index (χ0) is 44.9. The molecule has 4 N–H and O–H groups in total. The lowest BCUT2D eigenvalue weighted by molar-refractivity contribution is -0.418. The lowest BCUT2D eigenvalue weighted by Crippen LogP contribution is -2.96. The minimum absolute atomic E-state index is 0.0160. The maximum atomic E-state index is 14.8. The van der Waals surface area contributed by atoms with Crippen molar-refractivity contribution in [2.45, 2.75) is 140 Å². The average molecular weight is 886 g/mol. The highest BCUT2D eigenvalue weighted by Gasteiger charge is 2.66. The van der Waals surface area contributed by atoms with Crippen LogP contribution in [0.3, 0.4) is 0 Å². The van der Waals surface area contributed by atoms with Gasteiger partial charge in [0.05, 0.1) is 12.6 Å². The van der Waals surface area contributed by atoms with Crippen LogP contribution >= 0.6 is 0 Å². The highest BCUT2D eigenvalue weighted by molar-refractivity contribution is 7.86. The Hall–Kier alpha value is -5.55. The van der Waals surface area contributed by atoms with Crippen LogP contribution in [0, 0.1) is 5.92 Å². The van der Waals surface area contributed by atoms with Gasteiger partial charge in [0.1, 0.15) is 45.4 Å². The molecule has 2 aromatic heterocycles. The van der Waals surface area contributed by atoms with Crippen molar-refractivity contribution in [3.63, 3.8) is 0 Å². The first-order valence-corrected chi connectivity index (χ1v) is 23.4. The molecule has 1 saturated heterocycles. The Bertz CT molecular complexity index is 2560. The summed E-state index contributed by atoms with van der Waals surface area (Å²) in [6, 6.07) is 12.6. The lowest BCUT2D eigenvalue weighted by atomic mass is 10.0. The maximum absolute atomic E-state index is 14.8. The molecule has 0 radical (unpaired) electrons. The van der Waals surface area contributed by atoms with Gasteiger partial charge in [-0.05, 0) is 116 Å². The number of ether oxygens (including phenoxy) is 3. The second-order valence-electron chi connectivity index (χ2n) is 18.8. The normalized spacial score (nSPS) is 25.6. The topological polar surface area (TPSA) is 213 Å². The third kappa shape index (κ3) is 9.40. The van der Waals surface area contributed by atoms with E-state index in [0.717, 1.165) is 22.9 Å². The molecule has 4 amide bonds. The van der Waals surface area contributed by atoms with Gasteiger partial charge in [-0.3, -0.25) is 9.59 Å². The Morgan fingerprint density at radius 1 is 1.03 bits per heavy atom. The Morgan fingerprint density at radius 3 is 2.49 bits per heavy atom. The number of nitrogens with one attached hydrogen (secondary N) is 2. The van der Waals surface area contributed by atoms with E-state index in [4.69, 9.17) is 28.6 Å². The van der Waals surface area contributed by atoms with Gasteiger partial charge in [-0.1, -0.05) is 37.1 Å². The molecule has 2 saturated carbocycles. The van der Waals surface area contributed by atoms with E-state index in [9.17, 15) is 27.6 Å². The van der Waals surface area contributed by atoms with E-state index in [1.54, 1.807) is 27.7 Å². The Morgan fingerprint density at radius 2 is 1.78 bits per heavy atom. The van der Waals surface area contributed by atoms with Gasteiger partial charge in [-0.25, -0.2) is 14.6 Å². The van der Waals surface area contributed by atoms with Crippen molar-refractivity contribution in [1.82, 2.24) is 25.5 Å². The predicted molar refractivity (Wildman–Crippen MR) is 233 cm³/mol. The number of alkyl carbamates (subject to hydrolysis) is 1. The SMILES string of the molecule is CC(C)Oc1ccc(-c2nc(O[C@@H]3C[C@H]4C(=O)N[C@]5(C(=O)[NH2+]S(=O)(=O)C6(C)CC6)C[C@H]5/C=C\CCCCC[C@H](NC(=O)OC(C)(C)C)C(=O)N4C3)c3oc4ccccc4c3n2)cc1. The average Bonchev–Trinajstić information content (AvgIpc) is 4.04. The molecule has 4 heterocycles. The number of benzene rings is 2. The molecule has 5 atom stereocenters. The molecule has 2 aliphatic carbocycles. The maximum Gasteiger partial charge on any atom is 0.408 e. The van der Waals surface area contributed by atoms with Gasteiger partial charge in [0, 0.05) is 23.3 Å². The highest BCUT2D eigenvalue weighted by Crippen LogP contribution is 2.46. The molecule has 17 heteroatoms. The van der Waals surface area contributed by atoms with Crippen LogP contribution in [-0.2, 0) is 29.1 Å². The van der Waals surface area contributed by atoms with E-state index in [0.29, 0.717) is 53.9 Å². The number of primary amides is 1. The van der Waals surface area contributed by atoms with Crippen molar-refractivity contribution >= 4 is 55.9 Å². The number of carbonyl (C=O) groups is 4. The molecule has 4 aliphatic rings. The van der Waals surface area contributed by atoms with Gasteiger partial charge in [-0.15, -0.1) is 0 Å². The molecule has 0 spiro atoms. The largest absolute Gasteiger partial charge is 0.491 e. The van der Waals surface area contributed by atoms with Gasteiger partial charge >= 0.3 is 22.0 Å². The number of amides is 4. The van der Waals surface area contributed by atoms with Crippen molar-refractivity contribution < 1.29 is 50.9 Å². The summed E-state index contributed by atoms with van der Waals surface area (Å²) in [5, 5.41) is 6.44. The molecule has 2 aromatic carbocycles. The Labute approximate surface area is 366 Å². The first-order chi connectivity index (χ1) is 29.8.